The smallest absolute Gasteiger partial charge is 0.352 e. The molecule has 0 spiro atoms. The van der Waals surface area contributed by atoms with Gasteiger partial charge in [0.1, 0.15) is 11.9 Å². The largest absolute Gasteiger partial charge is 0.416 e. The highest BCUT2D eigenvalue weighted by Gasteiger charge is 2.38. The molecule has 6 nitrogen and oxygen atoms in total. The summed E-state index contributed by atoms with van der Waals surface area (Å²) in [5.74, 6) is -2.17. The summed E-state index contributed by atoms with van der Waals surface area (Å²) in [5, 5.41) is 6.48. The number of aryl methyl sites for hydroxylation is 2. The fourth-order valence-corrected chi connectivity index (χ4v) is 3.78. The number of anilines is 1. The van der Waals surface area contributed by atoms with Gasteiger partial charge in [-0.3, -0.25) is 14.5 Å². The SMILES string of the molecule is Cc1ccc(N(C(=O)c2nnsc2C)C(C(=O)NC(C)C)c2cccc(C(F)(F)F)c2)cc1F. The molecule has 0 saturated carbocycles. The number of nitrogens with zero attached hydrogens (tertiary/aromatic N) is 3. The van der Waals surface area contributed by atoms with Crippen LogP contribution in [0.2, 0.25) is 0 Å². The maximum Gasteiger partial charge on any atom is 0.416 e. The van der Waals surface area contributed by atoms with Crippen molar-refractivity contribution in [2.24, 2.45) is 0 Å². The molecule has 1 aromatic heterocycles. The van der Waals surface area contributed by atoms with E-state index < -0.39 is 35.4 Å². The van der Waals surface area contributed by atoms with Crippen LogP contribution >= 0.6 is 11.5 Å². The van der Waals surface area contributed by atoms with Gasteiger partial charge in [-0.2, -0.15) is 13.2 Å². The number of nitrogens with one attached hydrogen (secondary N) is 1. The average molecular weight is 495 g/mol. The van der Waals surface area contributed by atoms with Crippen molar-refractivity contribution >= 4 is 29.0 Å². The molecule has 0 aliphatic carbocycles. The molecule has 0 saturated heterocycles. The number of benzene rings is 2. The molecule has 2 aromatic carbocycles. The standard InChI is InChI=1S/C23H22F4N4O2S/c1-12(2)28-21(32)20(15-6-5-7-16(10-15)23(25,26)27)31(17-9-8-13(3)18(24)11-17)22(33)19-14(4)34-30-29-19/h5-12,20H,1-4H3,(H,28,32). The summed E-state index contributed by atoms with van der Waals surface area (Å²) < 4.78 is 58.6. The second-order valence-electron chi connectivity index (χ2n) is 7.98. The molecule has 1 N–H and O–H groups in total. The molecule has 1 atom stereocenters. The Morgan fingerprint density at radius 3 is 2.35 bits per heavy atom. The molecule has 34 heavy (non-hydrogen) atoms. The van der Waals surface area contributed by atoms with Crippen LogP contribution in [0.3, 0.4) is 0 Å². The van der Waals surface area contributed by atoms with Gasteiger partial charge in [-0.05, 0) is 74.6 Å². The van der Waals surface area contributed by atoms with Crippen molar-refractivity contribution < 1.29 is 27.2 Å². The van der Waals surface area contributed by atoms with Crippen LogP contribution < -0.4 is 10.2 Å². The molecule has 3 rings (SSSR count). The maximum atomic E-state index is 14.5. The summed E-state index contributed by atoms with van der Waals surface area (Å²) in [4.78, 5) is 28.3. The number of hydrogen-bond acceptors (Lipinski definition) is 5. The van der Waals surface area contributed by atoms with Gasteiger partial charge in [0.25, 0.3) is 5.91 Å². The van der Waals surface area contributed by atoms with Crippen molar-refractivity contribution in [2.45, 2.75) is 46.0 Å². The highest BCUT2D eigenvalue weighted by Crippen LogP contribution is 2.35. The van der Waals surface area contributed by atoms with E-state index >= 15 is 0 Å². The lowest BCUT2D eigenvalue weighted by Gasteiger charge is -2.32. The third-order valence-corrected chi connectivity index (χ3v) is 5.60. The first kappa shape index (κ1) is 25.3. The molecule has 11 heteroatoms. The number of aromatic nitrogens is 2. The van der Waals surface area contributed by atoms with Crippen LogP contribution in [-0.2, 0) is 11.0 Å². The van der Waals surface area contributed by atoms with Crippen molar-refractivity contribution in [2.75, 3.05) is 4.90 Å². The molecular formula is C23H22F4N4O2S. The first-order valence-corrected chi connectivity index (χ1v) is 11.0. The number of rotatable bonds is 6. The van der Waals surface area contributed by atoms with E-state index in [1.165, 1.54) is 25.1 Å². The van der Waals surface area contributed by atoms with Gasteiger partial charge in [-0.15, -0.1) is 5.10 Å². The van der Waals surface area contributed by atoms with Gasteiger partial charge in [0, 0.05) is 11.7 Å². The van der Waals surface area contributed by atoms with Gasteiger partial charge < -0.3 is 5.32 Å². The quantitative estimate of drug-likeness (QED) is 0.477. The van der Waals surface area contributed by atoms with Crippen LogP contribution in [0.25, 0.3) is 0 Å². The fraction of sp³-hybridized carbons (Fsp3) is 0.304. The van der Waals surface area contributed by atoms with Crippen LogP contribution in [0.1, 0.15) is 51.9 Å². The Balaban J connectivity index is 2.27. The summed E-state index contributed by atoms with van der Waals surface area (Å²) >= 11 is 0.951. The summed E-state index contributed by atoms with van der Waals surface area (Å²) in [6.45, 7) is 6.47. The third kappa shape index (κ3) is 5.41. The van der Waals surface area contributed by atoms with Gasteiger partial charge in [0.2, 0.25) is 5.91 Å². The van der Waals surface area contributed by atoms with Crippen molar-refractivity contribution in [3.8, 4) is 0 Å². The lowest BCUT2D eigenvalue weighted by atomic mass is 9.99. The van der Waals surface area contributed by atoms with Crippen LogP contribution in [0, 0.1) is 19.7 Å². The normalized spacial score (nSPS) is 12.5. The van der Waals surface area contributed by atoms with E-state index in [0.29, 0.717) is 10.4 Å². The summed E-state index contributed by atoms with van der Waals surface area (Å²) in [6, 6.07) is 6.13. The van der Waals surface area contributed by atoms with E-state index in [4.69, 9.17) is 0 Å². The highest BCUT2D eigenvalue weighted by molar-refractivity contribution is 7.05. The monoisotopic (exact) mass is 494 g/mol. The Labute approximate surface area is 197 Å². The minimum atomic E-state index is -4.67. The van der Waals surface area contributed by atoms with E-state index in [1.807, 2.05) is 0 Å². The van der Waals surface area contributed by atoms with Crippen LogP contribution in [0.5, 0.6) is 0 Å². The second kappa shape index (κ2) is 9.88. The first-order chi connectivity index (χ1) is 15.9. The Bertz CT molecular complexity index is 1210. The molecule has 3 aromatic rings. The van der Waals surface area contributed by atoms with Crippen LogP contribution in [0.15, 0.2) is 42.5 Å². The Hall–Kier alpha value is -3.34. The molecule has 0 aliphatic rings. The number of amides is 2. The van der Waals surface area contributed by atoms with Gasteiger partial charge in [0.15, 0.2) is 5.69 Å². The molecular weight excluding hydrogens is 472 g/mol. The summed E-state index contributed by atoms with van der Waals surface area (Å²) in [7, 11) is 0. The zero-order chi connectivity index (χ0) is 25.2. The van der Waals surface area contributed by atoms with E-state index in [1.54, 1.807) is 20.8 Å². The fourth-order valence-electron chi connectivity index (χ4n) is 3.33. The minimum Gasteiger partial charge on any atom is -0.352 e. The Kier molecular flexibility index (Phi) is 7.35. The number of alkyl halides is 3. The number of carbonyl (C=O) groups excluding carboxylic acids is 2. The van der Waals surface area contributed by atoms with E-state index in [2.05, 4.69) is 14.9 Å². The second-order valence-corrected chi connectivity index (χ2v) is 8.93. The van der Waals surface area contributed by atoms with Crippen molar-refractivity contribution in [1.29, 1.82) is 0 Å². The van der Waals surface area contributed by atoms with Crippen molar-refractivity contribution in [3.05, 3.63) is 75.5 Å². The third-order valence-electron chi connectivity index (χ3n) is 4.97. The van der Waals surface area contributed by atoms with Gasteiger partial charge in [-0.25, -0.2) is 4.39 Å². The molecule has 2 amide bonds. The summed E-state index contributed by atoms with van der Waals surface area (Å²) in [6.07, 6.45) is -4.67. The molecule has 0 bridgehead atoms. The van der Waals surface area contributed by atoms with Crippen molar-refractivity contribution in [3.63, 3.8) is 0 Å². The molecule has 1 heterocycles. The Morgan fingerprint density at radius 1 is 1.09 bits per heavy atom. The van der Waals surface area contributed by atoms with Crippen molar-refractivity contribution in [1.82, 2.24) is 14.9 Å². The molecule has 0 aliphatic heterocycles. The predicted molar refractivity (Wildman–Crippen MR) is 120 cm³/mol. The lowest BCUT2D eigenvalue weighted by Crippen LogP contribution is -2.46. The Morgan fingerprint density at radius 2 is 1.79 bits per heavy atom. The predicted octanol–water partition coefficient (Wildman–Crippen LogP) is 5.23. The van der Waals surface area contributed by atoms with Gasteiger partial charge >= 0.3 is 6.18 Å². The number of halogens is 4. The van der Waals surface area contributed by atoms with Crippen LogP contribution in [0.4, 0.5) is 23.2 Å². The van der Waals surface area contributed by atoms with E-state index in [-0.39, 0.29) is 23.0 Å². The molecule has 0 radical (unpaired) electrons. The molecule has 1 unspecified atom stereocenters. The van der Waals surface area contributed by atoms with Crippen LogP contribution in [-0.4, -0.2) is 27.4 Å². The minimum absolute atomic E-state index is 0.0122. The van der Waals surface area contributed by atoms with Gasteiger partial charge in [0.05, 0.1) is 10.4 Å². The number of hydrogen-bond donors (Lipinski definition) is 1. The maximum absolute atomic E-state index is 14.5. The lowest BCUT2D eigenvalue weighted by molar-refractivity contribution is -0.137. The topological polar surface area (TPSA) is 75.2 Å². The highest BCUT2D eigenvalue weighted by atomic mass is 32.1. The zero-order valence-electron chi connectivity index (χ0n) is 18.8. The molecule has 0 fully saturated rings. The van der Waals surface area contributed by atoms with E-state index in [0.717, 1.165) is 40.7 Å². The van der Waals surface area contributed by atoms with Gasteiger partial charge in [-0.1, -0.05) is 22.7 Å². The zero-order valence-corrected chi connectivity index (χ0v) is 19.6. The molecule has 180 valence electrons. The number of carbonyl (C=O) groups is 2. The summed E-state index contributed by atoms with van der Waals surface area (Å²) in [5.41, 5.74) is -0.878. The average Bonchev–Trinajstić information content (AvgIpc) is 3.18. The van der Waals surface area contributed by atoms with E-state index in [9.17, 15) is 27.2 Å². The first-order valence-electron chi connectivity index (χ1n) is 10.3.